The van der Waals surface area contributed by atoms with Gasteiger partial charge >= 0.3 is 5.63 Å². The Morgan fingerprint density at radius 2 is 1.96 bits per heavy atom. The van der Waals surface area contributed by atoms with Gasteiger partial charge in [0.05, 0.1) is 5.56 Å². The van der Waals surface area contributed by atoms with Crippen LogP contribution >= 0.6 is 11.3 Å². The SMILES string of the molecule is CCC(CCc1cc(O)c(C(c2ccccc2)C2CC2)c(=O)o1)c1ccsc1. The van der Waals surface area contributed by atoms with Crippen molar-refractivity contribution in [2.45, 2.75) is 50.9 Å². The molecule has 0 bridgehead atoms. The summed E-state index contributed by atoms with van der Waals surface area (Å²) in [5.41, 5.74) is 2.44. The highest BCUT2D eigenvalue weighted by Crippen LogP contribution is 2.47. The molecular formula is C24H26O3S. The minimum atomic E-state index is -0.390. The van der Waals surface area contributed by atoms with E-state index in [-0.39, 0.29) is 17.3 Å². The summed E-state index contributed by atoms with van der Waals surface area (Å²) in [7, 11) is 0. The second-order valence-electron chi connectivity index (χ2n) is 7.73. The summed E-state index contributed by atoms with van der Waals surface area (Å²) >= 11 is 1.71. The average molecular weight is 395 g/mol. The molecule has 4 rings (SSSR count). The summed E-state index contributed by atoms with van der Waals surface area (Å²) < 4.78 is 5.67. The van der Waals surface area contributed by atoms with Crippen LogP contribution in [0, 0.1) is 5.92 Å². The summed E-state index contributed by atoms with van der Waals surface area (Å²) in [4.78, 5) is 12.8. The lowest BCUT2D eigenvalue weighted by atomic mass is 9.87. The quantitative estimate of drug-likeness (QED) is 0.504. The fourth-order valence-electron chi connectivity index (χ4n) is 4.14. The maximum atomic E-state index is 12.8. The first-order chi connectivity index (χ1) is 13.7. The van der Waals surface area contributed by atoms with Crippen molar-refractivity contribution in [2.75, 3.05) is 0 Å². The maximum Gasteiger partial charge on any atom is 0.343 e. The van der Waals surface area contributed by atoms with Crippen molar-refractivity contribution in [1.29, 1.82) is 0 Å². The van der Waals surface area contributed by atoms with Gasteiger partial charge in [0.25, 0.3) is 0 Å². The smallest absolute Gasteiger partial charge is 0.343 e. The molecule has 0 spiro atoms. The van der Waals surface area contributed by atoms with Crippen LogP contribution in [0.3, 0.4) is 0 Å². The number of hydrogen-bond donors (Lipinski definition) is 1. The van der Waals surface area contributed by atoms with Gasteiger partial charge in [-0.2, -0.15) is 11.3 Å². The number of hydrogen-bond acceptors (Lipinski definition) is 4. The highest BCUT2D eigenvalue weighted by molar-refractivity contribution is 7.07. The lowest BCUT2D eigenvalue weighted by Gasteiger charge is -2.18. The highest BCUT2D eigenvalue weighted by Gasteiger charge is 2.37. The van der Waals surface area contributed by atoms with Crippen molar-refractivity contribution in [3.8, 4) is 5.75 Å². The molecule has 1 fully saturated rings. The van der Waals surface area contributed by atoms with E-state index < -0.39 is 0 Å². The van der Waals surface area contributed by atoms with Gasteiger partial charge < -0.3 is 9.52 Å². The zero-order valence-electron chi connectivity index (χ0n) is 16.1. The van der Waals surface area contributed by atoms with Crippen molar-refractivity contribution in [1.82, 2.24) is 0 Å². The van der Waals surface area contributed by atoms with E-state index >= 15 is 0 Å². The van der Waals surface area contributed by atoms with Gasteiger partial charge in [0, 0.05) is 18.4 Å². The van der Waals surface area contributed by atoms with E-state index in [0.717, 1.165) is 31.2 Å². The Hall–Kier alpha value is -2.33. The number of benzene rings is 1. The van der Waals surface area contributed by atoms with Crippen LogP contribution in [0.5, 0.6) is 5.75 Å². The van der Waals surface area contributed by atoms with E-state index in [4.69, 9.17) is 4.42 Å². The molecule has 1 aromatic carbocycles. The van der Waals surface area contributed by atoms with Crippen LogP contribution in [0.4, 0.5) is 0 Å². The number of thiophene rings is 1. The van der Waals surface area contributed by atoms with Gasteiger partial charge in [-0.15, -0.1) is 0 Å². The second-order valence-corrected chi connectivity index (χ2v) is 8.51. The van der Waals surface area contributed by atoms with Gasteiger partial charge in [-0.3, -0.25) is 0 Å². The summed E-state index contributed by atoms with van der Waals surface area (Å²) in [6.45, 7) is 2.18. The number of aromatic hydroxyl groups is 1. The minimum Gasteiger partial charge on any atom is -0.507 e. The normalized spacial score (nSPS) is 16.0. The molecule has 2 unspecified atom stereocenters. The molecule has 1 saturated carbocycles. The first-order valence-electron chi connectivity index (χ1n) is 10.1. The zero-order valence-corrected chi connectivity index (χ0v) is 17.0. The molecule has 0 saturated heterocycles. The molecule has 28 heavy (non-hydrogen) atoms. The van der Waals surface area contributed by atoms with Gasteiger partial charge in [0.1, 0.15) is 11.5 Å². The molecule has 0 aliphatic heterocycles. The van der Waals surface area contributed by atoms with Crippen molar-refractivity contribution < 1.29 is 9.52 Å². The van der Waals surface area contributed by atoms with Crippen LogP contribution in [0.1, 0.15) is 66.9 Å². The Bertz CT molecular complexity index is 955. The fourth-order valence-corrected chi connectivity index (χ4v) is 4.88. The third-order valence-corrected chi connectivity index (χ3v) is 6.53. The Kier molecular flexibility index (Phi) is 5.67. The van der Waals surface area contributed by atoms with E-state index in [2.05, 4.69) is 23.8 Å². The molecule has 1 aliphatic rings. The first-order valence-corrected chi connectivity index (χ1v) is 11.0. The van der Waals surface area contributed by atoms with Gasteiger partial charge in [-0.25, -0.2) is 4.79 Å². The van der Waals surface area contributed by atoms with Gasteiger partial charge in [0.2, 0.25) is 0 Å². The largest absolute Gasteiger partial charge is 0.507 e. The minimum absolute atomic E-state index is 0.0792. The Labute approximate surface area is 169 Å². The van der Waals surface area contributed by atoms with Crippen molar-refractivity contribution in [3.63, 3.8) is 0 Å². The molecule has 2 heterocycles. The third-order valence-electron chi connectivity index (χ3n) is 5.83. The molecule has 0 amide bonds. The lowest BCUT2D eigenvalue weighted by molar-refractivity contribution is 0.397. The molecule has 1 aliphatic carbocycles. The van der Waals surface area contributed by atoms with Gasteiger partial charge in [-0.1, -0.05) is 37.3 Å². The standard InChI is InChI=1S/C24H26O3S/c1-2-16(19-12-13-28-15-19)10-11-20-14-21(25)23(24(26)27-20)22(18-8-9-18)17-6-4-3-5-7-17/h3-7,12-16,18,22,25H,2,8-11H2,1H3. The molecule has 3 nitrogen and oxygen atoms in total. The van der Waals surface area contributed by atoms with E-state index in [0.29, 0.717) is 29.6 Å². The highest BCUT2D eigenvalue weighted by atomic mass is 32.1. The summed E-state index contributed by atoms with van der Waals surface area (Å²) in [6, 6.07) is 13.8. The molecule has 3 aromatic rings. The van der Waals surface area contributed by atoms with Gasteiger partial charge in [0.15, 0.2) is 0 Å². The van der Waals surface area contributed by atoms with Crippen LogP contribution in [-0.2, 0) is 6.42 Å². The van der Waals surface area contributed by atoms with Crippen molar-refractivity contribution >= 4 is 11.3 Å². The molecule has 4 heteroatoms. The Morgan fingerprint density at radius 1 is 1.18 bits per heavy atom. The van der Waals surface area contributed by atoms with Crippen LogP contribution < -0.4 is 5.63 Å². The third kappa shape index (κ3) is 4.07. The van der Waals surface area contributed by atoms with Gasteiger partial charge in [-0.05, 0) is 65.5 Å². The number of rotatable bonds is 8. The fraction of sp³-hybridized carbons (Fsp3) is 0.375. The summed E-state index contributed by atoms with van der Waals surface area (Å²) in [5, 5.41) is 15.0. The first kappa shape index (κ1) is 19.0. The predicted octanol–water partition coefficient (Wildman–Crippen LogP) is 6.08. The monoisotopic (exact) mass is 394 g/mol. The van der Waals surface area contributed by atoms with E-state index in [1.165, 1.54) is 5.56 Å². The lowest BCUT2D eigenvalue weighted by Crippen LogP contribution is -2.16. The molecule has 2 aromatic heterocycles. The van der Waals surface area contributed by atoms with Crippen LogP contribution in [-0.4, -0.2) is 5.11 Å². The topological polar surface area (TPSA) is 50.4 Å². The van der Waals surface area contributed by atoms with E-state index in [1.807, 2.05) is 30.3 Å². The Morgan fingerprint density at radius 3 is 2.57 bits per heavy atom. The molecular weight excluding hydrogens is 368 g/mol. The molecule has 1 N–H and O–H groups in total. The van der Waals surface area contributed by atoms with E-state index in [1.54, 1.807) is 17.4 Å². The van der Waals surface area contributed by atoms with E-state index in [9.17, 15) is 9.90 Å². The number of aryl methyl sites for hydroxylation is 1. The molecule has 2 atom stereocenters. The van der Waals surface area contributed by atoms with Crippen LogP contribution in [0.15, 0.2) is 62.4 Å². The zero-order chi connectivity index (χ0) is 19.5. The average Bonchev–Trinajstić information content (AvgIpc) is 3.39. The van der Waals surface area contributed by atoms with Crippen LogP contribution in [0.2, 0.25) is 0 Å². The molecule has 0 radical (unpaired) electrons. The summed E-state index contributed by atoms with van der Waals surface area (Å²) in [5.74, 6) is 1.42. The van der Waals surface area contributed by atoms with Crippen molar-refractivity contribution in [2.24, 2.45) is 5.92 Å². The molecule has 146 valence electrons. The maximum absolute atomic E-state index is 12.8. The Balaban J connectivity index is 1.57. The van der Waals surface area contributed by atoms with Crippen molar-refractivity contribution in [3.05, 3.63) is 86.1 Å². The summed E-state index contributed by atoms with van der Waals surface area (Å²) in [6.07, 6.45) is 4.76. The second kappa shape index (κ2) is 8.36. The van der Waals surface area contributed by atoms with Crippen LogP contribution in [0.25, 0.3) is 0 Å². The predicted molar refractivity (Wildman–Crippen MR) is 113 cm³/mol.